The van der Waals surface area contributed by atoms with E-state index in [1.54, 1.807) is 6.20 Å². The number of hydrogen-bond acceptors (Lipinski definition) is 3. The van der Waals surface area contributed by atoms with E-state index in [1.165, 1.54) is 0 Å². The Bertz CT molecular complexity index is 201. The van der Waals surface area contributed by atoms with Crippen molar-refractivity contribution >= 4 is 0 Å². The summed E-state index contributed by atoms with van der Waals surface area (Å²) in [6.07, 6.45) is 1.71. The van der Waals surface area contributed by atoms with Crippen LogP contribution >= 0.6 is 0 Å². The fourth-order valence-corrected chi connectivity index (χ4v) is 0.833. The third kappa shape index (κ3) is 0.658. The number of pyridine rings is 1. The van der Waals surface area contributed by atoms with Gasteiger partial charge in [-0.3, -0.25) is 0 Å². The van der Waals surface area contributed by atoms with Crippen molar-refractivity contribution in [3.05, 3.63) is 23.9 Å². The maximum Gasteiger partial charge on any atom is 0.242 e. The molecule has 1 aromatic heterocycles. The lowest BCUT2D eigenvalue weighted by atomic mass is 10.3. The lowest BCUT2D eigenvalue weighted by Gasteiger charge is -1.90. The maximum atomic E-state index is 4.94. The van der Waals surface area contributed by atoms with Crippen LogP contribution < -0.4 is 10.3 Å². The Morgan fingerprint density at radius 1 is 1.67 bits per heavy atom. The maximum absolute atomic E-state index is 4.94. The molecule has 1 aliphatic heterocycles. The molecule has 0 saturated carbocycles. The largest absolute Gasteiger partial charge is 0.388 e. The van der Waals surface area contributed by atoms with Gasteiger partial charge in [-0.15, -0.1) is 0 Å². The van der Waals surface area contributed by atoms with Crippen LogP contribution in [-0.2, 0) is 6.54 Å². The zero-order valence-corrected chi connectivity index (χ0v) is 4.79. The van der Waals surface area contributed by atoms with Crippen LogP contribution in [0.3, 0.4) is 0 Å². The highest BCUT2D eigenvalue weighted by molar-refractivity contribution is 5.26. The van der Waals surface area contributed by atoms with Gasteiger partial charge in [-0.1, -0.05) is 6.07 Å². The average molecular weight is 122 g/mol. The Balaban J connectivity index is 2.54. The van der Waals surface area contributed by atoms with Crippen LogP contribution in [0, 0.1) is 0 Å². The van der Waals surface area contributed by atoms with Crippen molar-refractivity contribution in [2.45, 2.75) is 6.54 Å². The van der Waals surface area contributed by atoms with Gasteiger partial charge in [-0.25, -0.2) is 4.98 Å². The van der Waals surface area contributed by atoms with Crippen LogP contribution in [0.25, 0.3) is 0 Å². The van der Waals surface area contributed by atoms with Gasteiger partial charge < -0.3 is 4.84 Å². The van der Waals surface area contributed by atoms with E-state index in [-0.39, 0.29) is 0 Å². The molecule has 2 rings (SSSR count). The van der Waals surface area contributed by atoms with E-state index in [9.17, 15) is 0 Å². The number of rotatable bonds is 0. The summed E-state index contributed by atoms with van der Waals surface area (Å²) in [4.78, 5) is 8.91. The van der Waals surface area contributed by atoms with Crippen molar-refractivity contribution in [1.82, 2.24) is 10.5 Å². The molecule has 0 aliphatic carbocycles. The Kier molecular flexibility index (Phi) is 0.899. The second-order valence-corrected chi connectivity index (χ2v) is 1.89. The first-order chi connectivity index (χ1) is 4.47. The predicted octanol–water partition coefficient (Wildman–Crippen LogP) is 0.479. The highest BCUT2D eigenvalue weighted by Gasteiger charge is 2.10. The molecule has 0 bridgehead atoms. The first kappa shape index (κ1) is 4.76. The molecule has 0 spiro atoms. The van der Waals surface area contributed by atoms with Crippen LogP contribution in [0.1, 0.15) is 5.56 Å². The van der Waals surface area contributed by atoms with E-state index in [2.05, 4.69) is 10.5 Å². The van der Waals surface area contributed by atoms with Crippen LogP contribution in [0.15, 0.2) is 18.3 Å². The number of aromatic nitrogens is 1. The molecule has 1 aliphatic rings. The third-order valence-electron chi connectivity index (χ3n) is 1.28. The zero-order chi connectivity index (χ0) is 6.10. The lowest BCUT2D eigenvalue weighted by molar-refractivity contribution is 0.216. The highest BCUT2D eigenvalue weighted by Crippen LogP contribution is 2.16. The zero-order valence-electron chi connectivity index (χ0n) is 4.79. The molecule has 0 fully saturated rings. The van der Waals surface area contributed by atoms with Crippen LogP contribution in [0.4, 0.5) is 0 Å². The monoisotopic (exact) mass is 122 g/mol. The molecule has 1 aromatic rings. The smallest absolute Gasteiger partial charge is 0.242 e. The van der Waals surface area contributed by atoms with Gasteiger partial charge in [0.1, 0.15) is 0 Å². The summed E-state index contributed by atoms with van der Waals surface area (Å²) in [5.74, 6) is 0.706. The average Bonchev–Trinajstić information content (AvgIpc) is 2.33. The molecule has 9 heavy (non-hydrogen) atoms. The minimum absolute atomic E-state index is 0.706. The van der Waals surface area contributed by atoms with E-state index in [4.69, 9.17) is 4.84 Å². The van der Waals surface area contributed by atoms with Crippen molar-refractivity contribution < 1.29 is 4.84 Å². The van der Waals surface area contributed by atoms with Crippen LogP contribution in [-0.4, -0.2) is 4.98 Å². The first-order valence-corrected chi connectivity index (χ1v) is 2.80. The van der Waals surface area contributed by atoms with Gasteiger partial charge in [0.05, 0.1) is 6.54 Å². The Morgan fingerprint density at radius 3 is 3.56 bits per heavy atom. The topological polar surface area (TPSA) is 34.2 Å². The van der Waals surface area contributed by atoms with Crippen LogP contribution in [0.2, 0.25) is 0 Å². The fourth-order valence-electron chi connectivity index (χ4n) is 0.833. The molecule has 46 valence electrons. The highest BCUT2D eigenvalue weighted by atomic mass is 16.7. The van der Waals surface area contributed by atoms with Gasteiger partial charge in [0.15, 0.2) is 0 Å². The molecule has 0 atom stereocenters. The van der Waals surface area contributed by atoms with Gasteiger partial charge in [0, 0.05) is 11.8 Å². The number of nitrogens with zero attached hydrogens (tertiary/aromatic N) is 1. The lowest BCUT2D eigenvalue weighted by Crippen LogP contribution is -2.07. The molecule has 0 aromatic carbocycles. The molecule has 0 radical (unpaired) electrons. The number of fused-ring (bicyclic) bond motifs is 1. The van der Waals surface area contributed by atoms with Gasteiger partial charge in [-0.2, -0.15) is 5.48 Å². The molecule has 0 unspecified atom stereocenters. The van der Waals surface area contributed by atoms with Gasteiger partial charge in [0.2, 0.25) is 5.88 Å². The SMILES string of the molecule is c1cnc2c(c1)CNO2. The molecule has 3 nitrogen and oxygen atoms in total. The standard InChI is InChI=1S/C6H6N2O/c1-2-5-4-8-9-6(5)7-3-1/h1-3,8H,4H2. The van der Waals surface area contributed by atoms with Crippen molar-refractivity contribution in [3.8, 4) is 5.88 Å². The number of nitrogens with one attached hydrogen (secondary N) is 1. The van der Waals surface area contributed by atoms with E-state index >= 15 is 0 Å². The molecule has 2 heterocycles. The quantitative estimate of drug-likeness (QED) is 0.543. The van der Waals surface area contributed by atoms with Crippen molar-refractivity contribution in [2.75, 3.05) is 0 Å². The van der Waals surface area contributed by atoms with Gasteiger partial charge in [0.25, 0.3) is 0 Å². The summed E-state index contributed by atoms with van der Waals surface area (Å²) >= 11 is 0. The first-order valence-electron chi connectivity index (χ1n) is 2.80. The van der Waals surface area contributed by atoms with Crippen molar-refractivity contribution in [2.24, 2.45) is 0 Å². The molecule has 1 N–H and O–H groups in total. The normalized spacial score (nSPS) is 14.7. The van der Waals surface area contributed by atoms with E-state index < -0.39 is 0 Å². The Morgan fingerprint density at radius 2 is 2.67 bits per heavy atom. The van der Waals surface area contributed by atoms with Crippen molar-refractivity contribution in [1.29, 1.82) is 0 Å². The molecular formula is C6H6N2O. The van der Waals surface area contributed by atoms with Gasteiger partial charge in [-0.05, 0) is 6.07 Å². The molecule has 0 saturated heterocycles. The van der Waals surface area contributed by atoms with E-state index in [1.807, 2.05) is 12.1 Å². The fraction of sp³-hybridized carbons (Fsp3) is 0.167. The summed E-state index contributed by atoms with van der Waals surface area (Å²) in [6, 6.07) is 3.89. The third-order valence-corrected chi connectivity index (χ3v) is 1.28. The van der Waals surface area contributed by atoms with Crippen molar-refractivity contribution in [3.63, 3.8) is 0 Å². The Hall–Kier alpha value is -1.09. The number of hydrogen-bond donors (Lipinski definition) is 1. The number of hydroxylamine groups is 1. The minimum Gasteiger partial charge on any atom is -0.388 e. The summed E-state index contributed by atoms with van der Waals surface area (Å²) in [5.41, 5.74) is 3.85. The molecule has 0 amide bonds. The van der Waals surface area contributed by atoms with E-state index in [0.29, 0.717) is 5.88 Å². The minimum atomic E-state index is 0.706. The summed E-state index contributed by atoms with van der Waals surface area (Å²) in [7, 11) is 0. The predicted molar refractivity (Wildman–Crippen MR) is 31.7 cm³/mol. The summed E-state index contributed by atoms with van der Waals surface area (Å²) < 4.78 is 0. The second-order valence-electron chi connectivity index (χ2n) is 1.89. The van der Waals surface area contributed by atoms with E-state index in [0.717, 1.165) is 12.1 Å². The summed E-state index contributed by atoms with van der Waals surface area (Å²) in [6.45, 7) is 0.767. The van der Waals surface area contributed by atoms with Crippen LogP contribution in [0.5, 0.6) is 5.88 Å². The second kappa shape index (κ2) is 1.70. The molecular weight excluding hydrogens is 116 g/mol. The van der Waals surface area contributed by atoms with Gasteiger partial charge >= 0.3 is 0 Å². The molecule has 3 heteroatoms. The Labute approximate surface area is 52.6 Å². The summed E-state index contributed by atoms with van der Waals surface area (Å²) in [5, 5.41) is 0.